The molecule has 5 unspecified atom stereocenters. The first kappa shape index (κ1) is 17.1. The van der Waals surface area contributed by atoms with Gasteiger partial charge in [0.1, 0.15) is 0 Å². The molecule has 0 aliphatic heterocycles. The molecule has 0 aromatic rings. The Labute approximate surface area is 160 Å². The van der Waals surface area contributed by atoms with Crippen LogP contribution in [0.5, 0.6) is 0 Å². The zero-order chi connectivity index (χ0) is 18.3. The molecule has 0 N–H and O–H groups in total. The number of hydrogen-bond acceptors (Lipinski definition) is 0. The van der Waals surface area contributed by atoms with E-state index < -0.39 is 0 Å². The topological polar surface area (TPSA) is 0 Å². The Kier molecular flexibility index (Phi) is 3.46. The van der Waals surface area contributed by atoms with Crippen LogP contribution in [-0.2, 0) is 0 Å². The highest BCUT2D eigenvalue weighted by molar-refractivity contribution is 5.44. The molecule has 5 aliphatic carbocycles. The van der Waals surface area contributed by atoms with Crippen LogP contribution in [0.15, 0.2) is 47.6 Å². The molecule has 0 nitrogen and oxygen atoms in total. The summed E-state index contributed by atoms with van der Waals surface area (Å²) in [6.45, 7) is 16.4. The average Bonchev–Trinajstić information content (AvgIpc) is 3.11. The fourth-order valence-corrected chi connectivity index (χ4v) is 8.25. The van der Waals surface area contributed by atoms with Gasteiger partial charge < -0.3 is 0 Å². The van der Waals surface area contributed by atoms with Gasteiger partial charge in [-0.05, 0) is 86.4 Å². The van der Waals surface area contributed by atoms with Crippen molar-refractivity contribution in [3.05, 3.63) is 47.6 Å². The van der Waals surface area contributed by atoms with Crippen LogP contribution in [0.3, 0.4) is 0 Å². The molecule has 3 fully saturated rings. The van der Waals surface area contributed by atoms with Gasteiger partial charge in [-0.15, -0.1) is 0 Å². The predicted octanol–water partition coefficient (Wildman–Crippen LogP) is 7.40. The molecule has 5 aliphatic rings. The van der Waals surface area contributed by atoms with Crippen molar-refractivity contribution in [2.24, 2.45) is 34.0 Å². The summed E-state index contributed by atoms with van der Waals surface area (Å²) in [7, 11) is 0. The number of allylic oxidation sites excluding steroid dienone is 6. The van der Waals surface area contributed by atoms with E-state index in [0.29, 0.717) is 16.2 Å². The Balaban J connectivity index is 1.59. The molecule has 0 radical (unpaired) electrons. The molecular weight excluding hydrogens is 312 g/mol. The van der Waals surface area contributed by atoms with E-state index in [0.717, 1.165) is 17.8 Å². The van der Waals surface area contributed by atoms with Crippen molar-refractivity contribution in [3.63, 3.8) is 0 Å². The zero-order valence-electron chi connectivity index (χ0n) is 17.2. The Hall–Kier alpha value is -1.04. The van der Waals surface area contributed by atoms with Gasteiger partial charge in [0, 0.05) is 5.41 Å². The van der Waals surface area contributed by atoms with Crippen molar-refractivity contribution in [1.82, 2.24) is 0 Å². The summed E-state index contributed by atoms with van der Waals surface area (Å²) in [5.41, 5.74) is 7.80. The molecule has 5 rings (SSSR count). The first-order valence-corrected chi connectivity index (χ1v) is 11.1. The molecule has 3 saturated carbocycles. The Morgan fingerprint density at radius 3 is 2.62 bits per heavy atom. The molecule has 140 valence electrons. The summed E-state index contributed by atoms with van der Waals surface area (Å²) in [6.07, 6.45) is 17.2. The second-order valence-corrected chi connectivity index (χ2v) is 11.0. The first-order chi connectivity index (χ1) is 12.3. The maximum Gasteiger partial charge on any atom is 0.0102 e. The van der Waals surface area contributed by atoms with Crippen LogP contribution in [-0.4, -0.2) is 0 Å². The minimum absolute atomic E-state index is 0.328. The standard InChI is InChI=1S/C26H36/c1-17-6-10-24(4)20(14-17)15-19(3)23-21(24)8-11-25(5)22(23)9-13-26(25)12-7-18(2)16-26/h8,14,19,22-23H,1-2,6-7,9-13,15-16H2,3-5H3/t19?,22?,23?,24?,25?,26-/m1/s1. The summed E-state index contributed by atoms with van der Waals surface area (Å²) >= 11 is 0. The van der Waals surface area contributed by atoms with Crippen LogP contribution in [0.25, 0.3) is 0 Å². The monoisotopic (exact) mass is 348 g/mol. The van der Waals surface area contributed by atoms with E-state index in [4.69, 9.17) is 0 Å². The average molecular weight is 349 g/mol. The normalized spacial score (nSPS) is 50.2. The summed E-state index contributed by atoms with van der Waals surface area (Å²) in [4.78, 5) is 0. The Morgan fingerprint density at radius 2 is 1.88 bits per heavy atom. The summed E-state index contributed by atoms with van der Waals surface area (Å²) in [5, 5.41) is 0. The van der Waals surface area contributed by atoms with Crippen LogP contribution < -0.4 is 0 Å². The minimum atomic E-state index is 0.328. The maximum atomic E-state index is 4.38. The second kappa shape index (κ2) is 5.27. The van der Waals surface area contributed by atoms with Gasteiger partial charge in [0.25, 0.3) is 0 Å². The van der Waals surface area contributed by atoms with Gasteiger partial charge in [0.05, 0.1) is 0 Å². The largest absolute Gasteiger partial charge is 0.0998 e. The molecule has 6 atom stereocenters. The minimum Gasteiger partial charge on any atom is -0.0998 e. The molecular formula is C26H36. The van der Waals surface area contributed by atoms with Crippen LogP contribution in [0, 0.1) is 34.0 Å². The van der Waals surface area contributed by atoms with Gasteiger partial charge in [0.2, 0.25) is 0 Å². The number of hydrogen-bond donors (Lipinski definition) is 0. The van der Waals surface area contributed by atoms with Gasteiger partial charge >= 0.3 is 0 Å². The van der Waals surface area contributed by atoms with E-state index in [2.05, 4.69) is 46.1 Å². The molecule has 0 heteroatoms. The lowest BCUT2D eigenvalue weighted by molar-refractivity contribution is 0.00757. The number of rotatable bonds is 0. The van der Waals surface area contributed by atoms with E-state index in [9.17, 15) is 0 Å². The van der Waals surface area contributed by atoms with Crippen molar-refractivity contribution in [2.75, 3.05) is 0 Å². The molecule has 0 amide bonds. The Bertz CT molecular complexity index is 748. The number of fused-ring (bicyclic) bond motifs is 6. The third-order valence-electron chi connectivity index (χ3n) is 9.87. The molecule has 0 aromatic carbocycles. The summed E-state index contributed by atoms with van der Waals surface area (Å²) in [5.74, 6) is 2.50. The first-order valence-electron chi connectivity index (χ1n) is 11.1. The van der Waals surface area contributed by atoms with Crippen LogP contribution in [0.1, 0.15) is 78.6 Å². The third-order valence-corrected chi connectivity index (χ3v) is 9.87. The van der Waals surface area contributed by atoms with Crippen molar-refractivity contribution < 1.29 is 0 Å². The van der Waals surface area contributed by atoms with Crippen molar-refractivity contribution in [3.8, 4) is 0 Å². The molecule has 0 bridgehead atoms. The van der Waals surface area contributed by atoms with Gasteiger partial charge in [-0.25, -0.2) is 0 Å². The smallest absolute Gasteiger partial charge is 0.0102 e. The van der Waals surface area contributed by atoms with E-state index in [-0.39, 0.29) is 0 Å². The summed E-state index contributed by atoms with van der Waals surface area (Å²) < 4.78 is 0. The highest BCUT2D eigenvalue weighted by Gasteiger charge is 2.63. The molecule has 26 heavy (non-hydrogen) atoms. The van der Waals surface area contributed by atoms with Gasteiger partial charge in [-0.1, -0.05) is 68.4 Å². The van der Waals surface area contributed by atoms with Crippen LogP contribution >= 0.6 is 0 Å². The highest BCUT2D eigenvalue weighted by atomic mass is 14.7. The molecule has 0 saturated heterocycles. The van der Waals surface area contributed by atoms with Crippen molar-refractivity contribution in [1.29, 1.82) is 0 Å². The second-order valence-electron chi connectivity index (χ2n) is 11.0. The SMILES string of the molecule is C=C1C=C2CC(C)C3C(=CCC4(C)C3CC[C@@]43CCC(=C)C3)C2(C)CC1. The van der Waals surface area contributed by atoms with Crippen molar-refractivity contribution in [2.45, 2.75) is 78.6 Å². The van der Waals surface area contributed by atoms with Gasteiger partial charge in [-0.2, -0.15) is 0 Å². The fraction of sp³-hybridized carbons (Fsp3) is 0.692. The Morgan fingerprint density at radius 1 is 1.08 bits per heavy atom. The molecule has 0 aromatic heterocycles. The molecule has 0 heterocycles. The fourth-order valence-electron chi connectivity index (χ4n) is 8.25. The lowest BCUT2D eigenvalue weighted by atomic mass is 9.47. The lowest BCUT2D eigenvalue weighted by Gasteiger charge is -2.57. The lowest BCUT2D eigenvalue weighted by Crippen LogP contribution is -2.49. The van der Waals surface area contributed by atoms with E-state index >= 15 is 0 Å². The predicted molar refractivity (Wildman–Crippen MR) is 111 cm³/mol. The zero-order valence-corrected chi connectivity index (χ0v) is 17.2. The van der Waals surface area contributed by atoms with E-state index in [1.165, 1.54) is 68.9 Å². The van der Waals surface area contributed by atoms with E-state index in [1.807, 2.05) is 5.57 Å². The van der Waals surface area contributed by atoms with Crippen molar-refractivity contribution >= 4 is 0 Å². The summed E-state index contributed by atoms with van der Waals surface area (Å²) in [6, 6.07) is 0. The van der Waals surface area contributed by atoms with Gasteiger partial charge in [0.15, 0.2) is 0 Å². The van der Waals surface area contributed by atoms with Crippen LogP contribution in [0.2, 0.25) is 0 Å². The van der Waals surface area contributed by atoms with Crippen LogP contribution in [0.4, 0.5) is 0 Å². The van der Waals surface area contributed by atoms with E-state index in [1.54, 1.807) is 5.57 Å². The quantitative estimate of drug-likeness (QED) is 0.400. The molecule has 1 spiro atoms. The van der Waals surface area contributed by atoms with Gasteiger partial charge in [-0.3, -0.25) is 0 Å². The highest BCUT2D eigenvalue weighted by Crippen LogP contribution is 2.72. The maximum absolute atomic E-state index is 4.38. The third kappa shape index (κ3) is 1.97.